The van der Waals surface area contributed by atoms with E-state index in [-0.39, 0.29) is 50.2 Å². The minimum Gasteiger partial charge on any atom is -0.420 e. The van der Waals surface area contributed by atoms with Crippen LogP contribution in [0.4, 0.5) is 0 Å². The smallest absolute Gasteiger partial charge is 0.317 e. The Morgan fingerprint density at radius 3 is 2.10 bits per heavy atom. The Labute approximate surface area is 393 Å². The summed E-state index contributed by atoms with van der Waals surface area (Å²) >= 11 is 13.3. The molecule has 2 aromatic carbocycles. The summed E-state index contributed by atoms with van der Waals surface area (Å²) in [7, 11) is 1.83. The number of aromatic amines is 2. The molecule has 0 spiro atoms. The summed E-state index contributed by atoms with van der Waals surface area (Å²) in [5.74, 6) is -1.27. The number of benzene rings is 2. The number of pyridine rings is 6. The van der Waals surface area contributed by atoms with E-state index < -0.39 is 22.8 Å². The van der Waals surface area contributed by atoms with E-state index in [9.17, 15) is 19.2 Å². The number of nitrogens with one attached hydrogen (secondary N) is 2. The Morgan fingerprint density at radius 2 is 1.39 bits per heavy atom. The first kappa shape index (κ1) is 44.5. The summed E-state index contributed by atoms with van der Waals surface area (Å²) in [6.07, 6.45) is 3.50. The Balaban J connectivity index is 1.11. The first-order chi connectivity index (χ1) is 32.1. The maximum Gasteiger partial charge on any atom is 0.317 e. The highest BCUT2D eigenvalue weighted by atomic mass is 35.5. The lowest BCUT2D eigenvalue weighted by atomic mass is 9.95. The third-order valence-electron chi connectivity index (χ3n) is 11.1. The van der Waals surface area contributed by atoms with Crippen molar-refractivity contribution in [2.24, 2.45) is 12.5 Å². The van der Waals surface area contributed by atoms with Crippen LogP contribution >= 0.6 is 23.2 Å². The van der Waals surface area contributed by atoms with E-state index in [2.05, 4.69) is 15.0 Å². The average Bonchev–Trinajstić information content (AvgIpc) is 3.69. The summed E-state index contributed by atoms with van der Waals surface area (Å²) in [5, 5.41) is 0.994. The highest BCUT2D eigenvalue weighted by Gasteiger charge is 2.25. The molecule has 7 heterocycles. The summed E-state index contributed by atoms with van der Waals surface area (Å²) in [5.41, 5.74) is 6.93. The van der Waals surface area contributed by atoms with Gasteiger partial charge in [-0.3, -0.25) is 19.2 Å². The minimum atomic E-state index is -0.813. The van der Waals surface area contributed by atoms with Crippen LogP contribution in [0.25, 0.3) is 66.8 Å². The standard InChI is InChI=1S/C52H41Cl2N7O6/c1-28-17-32(21-42(53)56-28)36-24-38-40(62)26-44(67-51(65)52(2,3)4)58-50(38)60-47(36)31-14-9-11-29(18-31)19-34-20-33(22-43(54)57-34)37-25-39-48(64)41(66-45(63)23-35-15-10-16-61(35)5)27-55-49(39)59-46(37)30-12-7-6-8-13-30/h6-18,20-22,24-27H,19,23H2,1-5H3,(H,55,59,64)(H,58,60,62). The molecular formula is C52H41Cl2N7O6. The van der Waals surface area contributed by atoms with Gasteiger partial charge in [0.15, 0.2) is 11.2 Å². The lowest BCUT2D eigenvalue weighted by Gasteiger charge is -2.17. The van der Waals surface area contributed by atoms with E-state index in [1.165, 1.54) is 12.3 Å². The van der Waals surface area contributed by atoms with Crippen molar-refractivity contribution < 1.29 is 19.1 Å². The number of carbonyl (C=O) groups is 2. The summed E-state index contributed by atoms with van der Waals surface area (Å²) in [6.45, 7) is 7.00. The zero-order valence-electron chi connectivity index (χ0n) is 36.9. The van der Waals surface area contributed by atoms with Crippen molar-refractivity contribution in [3.8, 4) is 56.4 Å². The number of aromatic nitrogens is 7. The molecule has 0 unspecified atom stereocenters. The molecule has 2 N–H and O–H groups in total. The lowest BCUT2D eigenvalue weighted by molar-refractivity contribution is -0.143. The van der Waals surface area contributed by atoms with Crippen LogP contribution in [0.5, 0.6) is 11.6 Å². The fraction of sp³-hybridized carbons (Fsp3) is 0.154. The zero-order chi connectivity index (χ0) is 47.1. The molecule has 0 bridgehead atoms. The number of hydrogen-bond acceptors (Lipinski definition) is 10. The number of fused-ring (bicyclic) bond motifs is 2. The fourth-order valence-corrected chi connectivity index (χ4v) is 8.22. The molecule has 0 saturated carbocycles. The van der Waals surface area contributed by atoms with Gasteiger partial charge in [0.05, 0.1) is 34.0 Å². The first-order valence-electron chi connectivity index (χ1n) is 21.2. The van der Waals surface area contributed by atoms with Crippen molar-refractivity contribution in [2.75, 3.05) is 0 Å². The molecular weight excluding hydrogens is 890 g/mol. The van der Waals surface area contributed by atoms with Crippen LogP contribution in [0, 0.1) is 12.3 Å². The van der Waals surface area contributed by atoms with Gasteiger partial charge in [0.25, 0.3) is 0 Å². The van der Waals surface area contributed by atoms with Crippen molar-refractivity contribution in [1.29, 1.82) is 0 Å². The van der Waals surface area contributed by atoms with Crippen molar-refractivity contribution in [2.45, 2.75) is 40.5 Å². The molecule has 0 aliphatic heterocycles. The normalized spacial score (nSPS) is 11.6. The van der Waals surface area contributed by atoms with Gasteiger partial charge >= 0.3 is 11.9 Å². The zero-order valence-corrected chi connectivity index (χ0v) is 38.4. The number of H-pyrrole nitrogens is 2. The largest absolute Gasteiger partial charge is 0.420 e. The van der Waals surface area contributed by atoms with E-state index in [0.717, 1.165) is 16.8 Å². The highest BCUT2D eigenvalue weighted by molar-refractivity contribution is 6.30. The maximum atomic E-state index is 14.0. The second-order valence-electron chi connectivity index (χ2n) is 17.2. The Hall–Kier alpha value is -7.74. The van der Waals surface area contributed by atoms with Gasteiger partial charge in [0.2, 0.25) is 11.3 Å². The molecule has 9 rings (SSSR count). The Morgan fingerprint density at radius 1 is 0.701 bits per heavy atom. The molecule has 0 fully saturated rings. The van der Waals surface area contributed by atoms with Crippen molar-refractivity contribution in [3.63, 3.8) is 0 Å². The molecule has 0 amide bonds. The molecule has 7 aromatic heterocycles. The molecule has 0 radical (unpaired) electrons. The molecule has 0 atom stereocenters. The molecule has 0 aliphatic rings. The summed E-state index contributed by atoms with van der Waals surface area (Å²) in [4.78, 5) is 78.4. The fourth-order valence-electron chi connectivity index (χ4n) is 7.74. The van der Waals surface area contributed by atoms with Gasteiger partial charge in [0, 0.05) is 71.3 Å². The van der Waals surface area contributed by atoms with Gasteiger partial charge in [-0.1, -0.05) is 71.7 Å². The number of carbonyl (C=O) groups excluding carboxylic acids is 2. The minimum absolute atomic E-state index is 0.0178. The highest BCUT2D eigenvalue weighted by Crippen LogP contribution is 2.37. The van der Waals surface area contributed by atoms with Crippen LogP contribution in [0.15, 0.2) is 131 Å². The number of aryl methyl sites for hydroxylation is 2. The number of nitrogens with zero attached hydrogens (tertiary/aromatic N) is 5. The first-order valence-corrected chi connectivity index (χ1v) is 22.0. The van der Waals surface area contributed by atoms with E-state index in [1.807, 2.05) is 104 Å². The molecule has 67 heavy (non-hydrogen) atoms. The Bertz CT molecular complexity index is 3540. The van der Waals surface area contributed by atoms with Crippen LogP contribution in [0.2, 0.25) is 10.3 Å². The monoisotopic (exact) mass is 929 g/mol. The maximum absolute atomic E-state index is 14.0. The quantitative estimate of drug-likeness (QED) is 0.0992. The molecule has 9 aromatic rings. The van der Waals surface area contributed by atoms with Gasteiger partial charge in [-0.2, -0.15) is 0 Å². The lowest BCUT2D eigenvalue weighted by Crippen LogP contribution is -2.26. The molecule has 0 saturated heterocycles. The van der Waals surface area contributed by atoms with E-state index >= 15 is 0 Å². The van der Waals surface area contributed by atoms with Crippen molar-refractivity contribution >= 4 is 57.2 Å². The average molecular weight is 931 g/mol. The third kappa shape index (κ3) is 9.51. The molecule has 15 heteroatoms. The van der Waals surface area contributed by atoms with Crippen molar-refractivity contribution in [1.82, 2.24) is 34.5 Å². The number of halogens is 2. The van der Waals surface area contributed by atoms with Crippen LogP contribution in [0.1, 0.15) is 43.4 Å². The van der Waals surface area contributed by atoms with Gasteiger partial charge in [-0.05, 0) is 99.0 Å². The molecule has 334 valence electrons. The van der Waals surface area contributed by atoms with Gasteiger partial charge in [-0.25, -0.2) is 19.9 Å². The summed E-state index contributed by atoms with van der Waals surface area (Å²) in [6, 6.07) is 32.9. The van der Waals surface area contributed by atoms with Gasteiger partial charge in [-0.15, -0.1) is 0 Å². The summed E-state index contributed by atoms with van der Waals surface area (Å²) < 4.78 is 13.0. The molecule has 13 nitrogen and oxygen atoms in total. The predicted molar refractivity (Wildman–Crippen MR) is 259 cm³/mol. The van der Waals surface area contributed by atoms with E-state index in [0.29, 0.717) is 62.7 Å². The molecule has 0 aliphatic carbocycles. The predicted octanol–water partition coefficient (Wildman–Crippen LogP) is 10.3. The Kier molecular flexibility index (Phi) is 11.9. The number of esters is 2. The third-order valence-corrected chi connectivity index (χ3v) is 11.4. The van der Waals surface area contributed by atoms with E-state index in [1.54, 1.807) is 45.0 Å². The number of hydrogen-bond donors (Lipinski definition) is 2. The van der Waals surface area contributed by atoms with Crippen LogP contribution in [-0.2, 0) is 29.5 Å². The van der Waals surface area contributed by atoms with Crippen LogP contribution in [-0.4, -0.2) is 46.4 Å². The van der Waals surface area contributed by atoms with E-state index in [4.69, 9.17) is 47.6 Å². The SMILES string of the molecule is Cc1cc(-c2cc3c(=O)cc(OC(=O)C(C)(C)C)[nH]c3nc2-c2cccc(Cc3cc(-c4cc5c(=O)c(OC(=O)Cc6cccn6C)c[nH]c5nc4-c4ccccc4)cc(Cl)n3)c2)cc(Cl)n1. The number of ether oxygens (including phenoxy) is 2. The van der Waals surface area contributed by atoms with Gasteiger partial charge in [0.1, 0.15) is 21.6 Å². The van der Waals surface area contributed by atoms with Crippen LogP contribution in [0.3, 0.4) is 0 Å². The van der Waals surface area contributed by atoms with Crippen molar-refractivity contribution in [3.05, 3.63) is 175 Å². The van der Waals surface area contributed by atoms with Gasteiger partial charge < -0.3 is 24.0 Å². The second kappa shape index (κ2) is 17.9. The van der Waals surface area contributed by atoms with Crippen LogP contribution < -0.4 is 20.3 Å². The second-order valence-corrected chi connectivity index (χ2v) is 17.9. The number of rotatable bonds is 10. The topological polar surface area (TPSA) is 175 Å².